The van der Waals surface area contributed by atoms with Crippen LogP contribution in [0.5, 0.6) is 5.75 Å². The SMILES string of the molecule is COc1ccccc1C#Cc1ccc(C#N)cc1. The maximum absolute atomic E-state index is 8.70. The lowest BCUT2D eigenvalue weighted by Gasteiger charge is -2.00. The molecular weight excluding hydrogens is 222 g/mol. The van der Waals surface area contributed by atoms with Crippen LogP contribution in [0.1, 0.15) is 16.7 Å². The summed E-state index contributed by atoms with van der Waals surface area (Å²) in [4.78, 5) is 0. The number of nitriles is 1. The van der Waals surface area contributed by atoms with Crippen LogP contribution < -0.4 is 4.74 Å². The molecule has 0 heterocycles. The lowest BCUT2D eigenvalue weighted by molar-refractivity contribution is 0.413. The molecule has 0 aliphatic heterocycles. The summed E-state index contributed by atoms with van der Waals surface area (Å²) in [5.41, 5.74) is 2.36. The van der Waals surface area contributed by atoms with E-state index in [0.717, 1.165) is 16.9 Å². The number of benzene rings is 2. The van der Waals surface area contributed by atoms with Crippen LogP contribution in [0.2, 0.25) is 0 Å². The van der Waals surface area contributed by atoms with Gasteiger partial charge in [-0.3, -0.25) is 0 Å². The summed E-state index contributed by atoms with van der Waals surface area (Å²) in [6.07, 6.45) is 0. The van der Waals surface area contributed by atoms with E-state index in [1.54, 1.807) is 19.2 Å². The Bertz CT molecular complexity index is 639. The molecule has 0 saturated heterocycles. The standard InChI is InChI=1S/C16H11NO/c1-18-16-5-3-2-4-15(16)11-10-13-6-8-14(12-17)9-7-13/h2-9H,1H3. The maximum atomic E-state index is 8.70. The second kappa shape index (κ2) is 5.57. The van der Waals surface area contributed by atoms with Crippen molar-refractivity contribution >= 4 is 0 Å². The van der Waals surface area contributed by atoms with Crippen molar-refractivity contribution < 1.29 is 4.74 Å². The Morgan fingerprint density at radius 2 is 1.56 bits per heavy atom. The summed E-state index contributed by atoms with van der Waals surface area (Å²) in [6, 6.07) is 16.9. The second-order valence-electron chi connectivity index (χ2n) is 3.64. The van der Waals surface area contributed by atoms with E-state index >= 15 is 0 Å². The average Bonchev–Trinajstić information content (AvgIpc) is 2.46. The lowest BCUT2D eigenvalue weighted by atomic mass is 10.1. The summed E-state index contributed by atoms with van der Waals surface area (Å²) in [5, 5.41) is 8.70. The minimum atomic E-state index is 0.637. The summed E-state index contributed by atoms with van der Waals surface area (Å²) in [7, 11) is 1.63. The third kappa shape index (κ3) is 2.70. The van der Waals surface area contributed by atoms with Crippen LogP contribution in [0, 0.1) is 23.2 Å². The van der Waals surface area contributed by atoms with Crippen molar-refractivity contribution in [3.8, 4) is 23.7 Å². The highest BCUT2D eigenvalue weighted by atomic mass is 16.5. The molecule has 2 rings (SSSR count). The first-order valence-electron chi connectivity index (χ1n) is 5.48. The highest BCUT2D eigenvalue weighted by Crippen LogP contribution is 2.15. The molecule has 18 heavy (non-hydrogen) atoms. The fourth-order valence-electron chi connectivity index (χ4n) is 1.52. The van der Waals surface area contributed by atoms with E-state index in [1.165, 1.54) is 0 Å². The molecule has 0 bridgehead atoms. The molecule has 0 radical (unpaired) electrons. The largest absolute Gasteiger partial charge is 0.495 e. The van der Waals surface area contributed by atoms with Gasteiger partial charge in [0.25, 0.3) is 0 Å². The Morgan fingerprint density at radius 3 is 2.22 bits per heavy atom. The van der Waals surface area contributed by atoms with Crippen molar-refractivity contribution in [2.45, 2.75) is 0 Å². The fraction of sp³-hybridized carbons (Fsp3) is 0.0625. The average molecular weight is 233 g/mol. The van der Waals surface area contributed by atoms with Crippen LogP contribution in [0.25, 0.3) is 0 Å². The predicted octanol–water partition coefficient (Wildman–Crippen LogP) is 2.97. The van der Waals surface area contributed by atoms with E-state index in [4.69, 9.17) is 10.00 Å². The van der Waals surface area contributed by atoms with Gasteiger partial charge in [-0.25, -0.2) is 0 Å². The quantitative estimate of drug-likeness (QED) is 0.709. The van der Waals surface area contributed by atoms with Crippen LogP contribution in [0.4, 0.5) is 0 Å². The molecule has 0 amide bonds. The van der Waals surface area contributed by atoms with E-state index < -0.39 is 0 Å². The van der Waals surface area contributed by atoms with Gasteiger partial charge < -0.3 is 4.74 Å². The van der Waals surface area contributed by atoms with E-state index in [2.05, 4.69) is 17.9 Å². The Kier molecular flexibility index (Phi) is 3.64. The molecule has 0 unspecified atom stereocenters. The lowest BCUT2D eigenvalue weighted by Crippen LogP contribution is -1.86. The van der Waals surface area contributed by atoms with Gasteiger partial charge in [-0.2, -0.15) is 5.26 Å². The Labute approximate surface area is 106 Å². The van der Waals surface area contributed by atoms with Crippen LogP contribution in [0.15, 0.2) is 48.5 Å². The van der Waals surface area contributed by atoms with Crippen LogP contribution in [-0.2, 0) is 0 Å². The molecule has 2 aromatic rings. The first-order chi connectivity index (χ1) is 8.83. The molecule has 0 N–H and O–H groups in total. The zero-order chi connectivity index (χ0) is 12.8. The molecule has 0 saturated carbocycles. The van der Waals surface area contributed by atoms with Crippen molar-refractivity contribution in [3.05, 3.63) is 65.2 Å². The molecule has 2 heteroatoms. The predicted molar refractivity (Wildman–Crippen MR) is 70.1 cm³/mol. The molecule has 0 aliphatic carbocycles. The minimum Gasteiger partial charge on any atom is -0.495 e. The normalized spacial score (nSPS) is 8.89. The highest BCUT2D eigenvalue weighted by molar-refractivity contribution is 5.50. The Hall–Kier alpha value is -2.71. The summed E-state index contributed by atoms with van der Waals surface area (Å²) < 4.78 is 5.22. The van der Waals surface area contributed by atoms with Gasteiger partial charge in [0.1, 0.15) is 5.75 Å². The van der Waals surface area contributed by atoms with Crippen LogP contribution in [-0.4, -0.2) is 7.11 Å². The molecular formula is C16H11NO. The molecule has 2 aromatic carbocycles. The van der Waals surface area contributed by atoms with Crippen LogP contribution in [0.3, 0.4) is 0 Å². The van der Waals surface area contributed by atoms with Gasteiger partial charge in [-0.1, -0.05) is 24.0 Å². The summed E-state index contributed by atoms with van der Waals surface area (Å²) in [5.74, 6) is 6.87. The van der Waals surface area contributed by atoms with Gasteiger partial charge in [0.15, 0.2) is 0 Å². The molecule has 0 fully saturated rings. The third-order valence-corrected chi connectivity index (χ3v) is 2.46. The first kappa shape index (κ1) is 11.8. The third-order valence-electron chi connectivity index (χ3n) is 2.46. The minimum absolute atomic E-state index is 0.637. The topological polar surface area (TPSA) is 33.0 Å². The van der Waals surface area contributed by atoms with E-state index in [1.807, 2.05) is 36.4 Å². The van der Waals surface area contributed by atoms with Crippen molar-refractivity contribution in [1.82, 2.24) is 0 Å². The molecule has 2 nitrogen and oxygen atoms in total. The first-order valence-corrected chi connectivity index (χ1v) is 5.48. The molecule has 0 atom stereocenters. The summed E-state index contributed by atoms with van der Waals surface area (Å²) >= 11 is 0. The van der Waals surface area contributed by atoms with Crippen molar-refractivity contribution in [1.29, 1.82) is 5.26 Å². The zero-order valence-electron chi connectivity index (χ0n) is 9.97. The van der Waals surface area contributed by atoms with E-state index in [0.29, 0.717) is 5.56 Å². The van der Waals surface area contributed by atoms with Gasteiger partial charge in [0.2, 0.25) is 0 Å². The van der Waals surface area contributed by atoms with E-state index in [9.17, 15) is 0 Å². The number of methoxy groups -OCH3 is 1. The van der Waals surface area contributed by atoms with Crippen LogP contribution >= 0.6 is 0 Å². The fourth-order valence-corrected chi connectivity index (χ4v) is 1.52. The van der Waals surface area contributed by atoms with Gasteiger partial charge in [-0.05, 0) is 36.4 Å². The van der Waals surface area contributed by atoms with Crippen molar-refractivity contribution in [2.24, 2.45) is 0 Å². The number of nitrogens with zero attached hydrogens (tertiary/aromatic N) is 1. The highest BCUT2D eigenvalue weighted by Gasteiger charge is 1.96. The number of hydrogen-bond donors (Lipinski definition) is 0. The van der Waals surface area contributed by atoms with Gasteiger partial charge in [-0.15, -0.1) is 0 Å². The molecule has 0 aromatic heterocycles. The second-order valence-corrected chi connectivity index (χ2v) is 3.64. The number of ether oxygens (including phenoxy) is 1. The van der Waals surface area contributed by atoms with Gasteiger partial charge in [0, 0.05) is 5.56 Å². The van der Waals surface area contributed by atoms with Gasteiger partial charge >= 0.3 is 0 Å². The number of rotatable bonds is 1. The molecule has 0 spiro atoms. The Balaban J connectivity index is 2.28. The summed E-state index contributed by atoms with van der Waals surface area (Å²) in [6.45, 7) is 0. The van der Waals surface area contributed by atoms with Gasteiger partial charge in [0.05, 0.1) is 24.3 Å². The molecule has 0 aliphatic rings. The molecule has 86 valence electrons. The Morgan fingerprint density at radius 1 is 0.889 bits per heavy atom. The van der Waals surface area contributed by atoms with Crippen molar-refractivity contribution in [2.75, 3.05) is 7.11 Å². The van der Waals surface area contributed by atoms with E-state index in [-0.39, 0.29) is 0 Å². The zero-order valence-corrected chi connectivity index (χ0v) is 9.97. The van der Waals surface area contributed by atoms with Crippen molar-refractivity contribution in [3.63, 3.8) is 0 Å². The smallest absolute Gasteiger partial charge is 0.134 e. The monoisotopic (exact) mass is 233 g/mol. The number of para-hydroxylation sites is 1. The number of hydrogen-bond acceptors (Lipinski definition) is 2. The maximum Gasteiger partial charge on any atom is 0.134 e.